The minimum Gasteiger partial charge on any atom is -0.370 e. The van der Waals surface area contributed by atoms with Crippen molar-refractivity contribution in [3.05, 3.63) is 65.2 Å². The second-order valence-corrected chi connectivity index (χ2v) is 5.74. The molecular formula is C18H20F2IN3. The summed E-state index contributed by atoms with van der Waals surface area (Å²) in [5.74, 6) is -1.01. The fourth-order valence-corrected chi connectivity index (χ4v) is 2.73. The van der Waals surface area contributed by atoms with Gasteiger partial charge in [-0.3, -0.25) is 0 Å². The van der Waals surface area contributed by atoms with Crippen LogP contribution in [0.5, 0.6) is 0 Å². The minimum absolute atomic E-state index is 0. The van der Waals surface area contributed by atoms with Crippen LogP contribution in [-0.4, -0.2) is 12.0 Å². The number of aryl methyl sites for hydroxylation is 1. The predicted octanol–water partition coefficient (Wildman–Crippen LogP) is 4.43. The Morgan fingerprint density at radius 2 is 1.88 bits per heavy atom. The van der Waals surface area contributed by atoms with E-state index >= 15 is 0 Å². The summed E-state index contributed by atoms with van der Waals surface area (Å²) in [6.45, 7) is 2.08. The molecule has 0 spiro atoms. The van der Waals surface area contributed by atoms with Crippen LogP contribution in [0.2, 0.25) is 0 Å². The van der Waals surface area contributed by atoms with Gasteiger partial charge in [0, 0.05) is 17.2 Å². The van der Waals surface area contributed by atoms with Crippen molar-refractivity contribution in [2.45, 2.75) is 31.7 Å². The van der Waals surface area contributed by atoms with Crippen LogP contribution < -0.4 is 11.1 Å². The summed E-state index contributed by atoms with van der Waals surface area (Å²) < 4.78 is 27.5. The second kappa shape index (κ2) is 7.92. The molecule has 3 nitrogen and oxygen atoms in total. The Bertz CT molecular complexity index is 729. The maximum absolute atomic E-state index is 13.7. The zero-order valence-electron chi connectivity index (χ0n) is 13.3. The van der Waals surface area contributed by atoms with Gasteiger partial charge in [-0.25, -0.2) is 13.8 Å². The van der Waals surface area contributed by atoms with Crippen molar-refractivity contribution >= 4 is 35.6 Å². The molecule has 2 atom stereocenters. The Balaban J connectivity index is 0.00000208. The summed E-state index contributed by atoms with van der Waals surface area (Å²) in [5, 5.41) is 3.03. The number of hydrogen-bond acceptors (Lipinski definition) is 1. The molecule has 3 N–H and O–H groups in total. The van der Waals surface area contributed by atoms with Crippen molar-refractivity contribution in [3.63, 3.8) is 0 Å². The van der Waals surface area contributed by atoms with E-state index in [2.05, 4.69) is 17.2 Å². The first-order valence-electron chi connectivity index (χ1n) is 7.71. The number of halogens is 3. The van der Waals surface area contributed by atoms with Gasteiger partial charge >= 0.3 is 0 Å². The van der Waals surface area contributed by atoms with E-state index in [9.17, 15) is 8.78 Å². The third-order valence-electron chi connectivity index (χ3n) is 4.04. The molecule has 2 unspecified atom stereocenters. The molecule has 0 radical (unpaired) electrons. The molecule has 0 amide bonds. The summed E-state index contributed by atoms with van der Waals surface area (Å²) >= 11 is 0. The summed E-state index contributed by atoms with van der Waals surface area (Å²) in [6, 6.07) is 11.6. The van der Waals surface area contributed by atoms with Gasteiger partial charge < -0.3 is 11.1 Å². The Hall–Kier alpha value is -1.70. The number of nitrogens with two attached hydrogens (primary N) is 1. The fraction of sp³-hybridized carbons (Fsp3) is 0.278. The molecule has 0 heterocycles. The minimum atomic E-state index is -0.519. The first-order chi connectivity index (χ1) is 11.1. The van der Waals surface area contributed by atoms with E-state index in [4.69, 9.17) is 5.73 Å². The lowest BCUT2D eigenvalue weighted by molar-refractivity contribution is 0.555. The fourth-order valence-electron chi connectivity index (χ4n) is 2.73. The Labute approximate surface area is 157 Å². The quantitative estimate of drug-likeness (QED) is 0.418. The normalized spacial score (nSPS) is 19.5. The van der Waals surface area contributed by atoms with Crippen molar-refractivity contribution in [3.8, 4) is 0 Å². The number of hydrogen-bond donors (Lipinski definition) is 2. The molecule has 0 aromatic heterocycles. The first kappa shape index (κ1) is 18.6. The monoisotopic (exact) mass is 443 g/mol. The maximum atomic E-state index is 13.7. The van der Waals surface area contributed by atoms with Crippen molar-refractivity contribution in [1.82, 2.24) is 0 Å². The molecule has 24 heavy (non-hydrogen) atoms. The van der Waals surface area contributed by atoms with E-state index in [1.165, 1.54) is 23.8 Å². The predicted molar refractivity (Wildman–Crippen MR) is 104 cm³/mol. The number of anilines is 1. The van der Waals surface area contributed by atoms with Crippen LogP contribution in [0.4, 0.5) is 14.5 Å². The van der Waals surface area contributed by atoms with Crippen molar-refractivity contribution in [2.75, 3.05) is 5.32 Å². The van der Waals surface area contributed by atoms with Gasteiger partial charge in [0.25, 0.3) is 0 Å². The second-order valence-electron chi connectivity index (χ2n) is 5.74. The van der Waals surface area contributed by atoms with Gasteiger partial charge in [-0.05, 0) is 42.7 Å². The van der Waals surface area contributed by atoms with Crippen molar-refractivity contribution < 1.29 is 8.78 Å². The number of aliphatic imine (C=N–C) groups is 1. The molecule has 0 bridgehead atoms. The molecule has 0 saturated heterocycles. The molecule has 6 heteroatoms. The largest absolute Gasteiger partial charge is 0.370 e. The molecule has 2 aromatic carbocycles. The van der Waals surface area contributed by atoms with Gasteiger partial charge in [0.15, 0.2) is 5.96 Å². The zero-order valence-corrected chi connectivity index (χ0v) is 15.6. The zero-order chi connectivity index (χ0) is 16.4. The van der Waals surface area contributed by atoms with E-state index in [-0.39, 0.29) is 47.5 Å². The molecule has 128 valence electrons. The third-order valence-corrected chi connectivity index (χ3v) is 4.04. The first-order valence-corrected chi connectivity index (χ1v) is 7.71. The molecule has 1 aliphatic carbocycles. The topological polar surface area (TPSA) is 50.4 Å². The van der Waals surface area contributed by atoms with Crippen LogP contribution in [0.3, 0.4) is 0 Å². The molecule has 1 fully saturated rings. The Morgan fingerprint density at radius 1 is 1.21 bits per heavy atom. The molecule has 1 aliphatic rings. The summed E-state index contributed by atoms with van der Waals surface area (Å²) in [4.78, 5) is 4.33. The van der Waals surface area contributed by atoms with E-state index in [0.29, 0.717) is 6.42 Å². The third kappa shape index (κ3) is 4.23. The van der Waals surface area contributed by atoms with Crippen molar-refractivity contribution in [1.29, 1.82) is 0 Å². The highest BCUT2D eigenvalue weighted by Gasteiger charge is 2.42. The lowest BCUT2D eigenvalue weighted by Crippen LogP contribution is -2.23. The average Bonchev–Trinajstić information content (AvgIpc) is 3.25. The van der Waals surface area contributed by atoms with Crippen LogP contribution in [0.25, 0.3) is 0 Å². The number of benzene rings is 2. The molecule has 0 aliphatic heterocycles. The summed E-state index contributed by atoms with van der Waals surface area (Å²) in [7, 11) is 0. The van der Waals surface area contributed by atoms with E-state index in [1.807, 2.05) is 24.3 Å². The smallest absolute Gasteiger partial charge is 0.193 e. The van der Waals surface area contributed by atoms with Crippen LogP contribution in [0, 0.1) is 11.6 Å². The van der Waals surface area contributed by atoms with Gasteiger partial charge in [0.05, 0.1) is 6.04 Å². The molecule has 3 rings (SSSR count). The number of guanidine groups is 1. The Morgan fingerprint density at radius 3 is 2.54 bits per heavy atom. The van der Waals surface area contributed by atoms with Gasteiger partial charge in [-0.15, -0.1) is 24.0 Å². The maximum Gasteiger partial charge on any atom is 0.193 e. The highest BCUT2D eigenvalue weighted by Crippen LogP contribution is 2.45. The van der Waals surface area contributed by atoms with E-state index in [0.717, 1.165) is 12.1 Å². The van der Waals surface area contributed by atoms with E-state index < -0.39 is 11.6 Å². The highest BCUT2D eigenvalue weighted by molar-refractivity contribution is 14.0. The van der Waals surface area contributed by atoms with Crippen LogP contribution in [0.15, 0.2) is 47.5 Å². The Kier molecular flexibility index (Phi) is 6.15. The lowest BCUT2D eigenvalue weighted by atomic mass is 10.1. The van der Waals surface area contributed by atoms with Gasteiger partial charge in [0.2, 0.25) is 0 Å². The molecular weight excluding hydrogens is 423 g/mol. The standard InChI is InChI=1S/C18H19F2N3.HI/c1-2-11-5-3-6-12(9-11)22-18(21)23-16-10-13(16)17-14(19)7-4-8-15(17)20;/h3-9,13,16H,2,10H2,1H3,(H3,21,22,23);1H. The van der Waals surface area contributed by atoms with Crippen LogP contribution in [0.1, 0.15) is 30.4 Å². The summed E-state index contributed by atoms with van der Waals surface area (Å²) in [5.41, 5.74) is 8.07. The number of nitrogens with zero attached hydrogens (tertiary/aromatic N) is 1. The van der Waals surface area contributed by atoms with Gasteiger partial charge in [-0.1, -0.05) is 25.1 Å². The average molecular weight is 443 g/mol. The van der Waals surface area contributed by atoms with E-state index in [1.54, 1.807) is 0 Å². The van der Waals surface area contributed by atoms with Crippen molar-refractivity contribution in [2.24, 2.45) is 10.7 Å². The molecule has 1 saturated carbocycles. The SMILES string of the molecule is CCc1cccc(NC(N)=NC2CC2c2c(F)cccc2F)c1.I. The summed E-state index contributed by atoms with van der Waals surface area (Å²) in [6.07, 6.45) is 1.54. The number of rotatable bonds is 4. The van der Waals surface area contributed by atoms with Crippen LogP contribution >= 0.6 is 24.0 Å². The lowest BCUT2D eigenvalue weighted by Gasteiger charge is -2.07. The van der Waals surface area contributed by atoms with Gasteiger partial charge in [-0.2, -0.15) is 0 Å². The highest BCUT2D eigenvalue weighted by atomic mass is 127. The van der Waals surface area contributed by atoms with Crippen LogP contribution in [-0.2, 0) is 6.42 Å². The molecule has 2 aromatic rings. The van der Waals surface area contributed by atoms with Gasteiger partial charge in [0.1, 0.15) is 11.6 Å². The number of nitrogens with one attached hydrogen (secondary N) is 1.